The van der Waals surface area contributed by atoms with Crippen molar-refractivity contribution in [3.05, 3.63) is 11.9 Å². The van der Waals surface area contributed by atoms with Crippen LogP contribution in [-0.4, -0.2) is 36.8 Å². The lowest BCUT2D eigenvalue weighted by Crippen LogP contribution is -2.18. The van der Waals surface area contributed by atoms with Gasteiger partial charge in [0.15, 0.2) is 0 Å². The van der Waals surface area contributed by atoms with E-state index in [1.54, 1.807) is 7.11 Å². The van der Waals surface area contributed by atoms with E-state index in [9.17, 15) is 0 Å². The van der Waals surface area contributed by atoms with E-state index in [1.165, 1.54) is 0 Å². The van der Waals surface area contributed by atoms with E-state index in [0.29, 0.717) is 5.88 Å². The lowest BCUT2D eigenvalue weighted by atomic mass is 9.96. The third-order valence-corrected chi connectivity index (χ3v) is 2.56. The Morgan fingerprint density at radius 2 is 2.00 bits per heavy atom. The Balaban J connectivity index is 2.67. The molecule has 0 aromatic carbocycles. The van der Waals surface area contributed by atoms with Crippen molar-refractivity contribution in [2.45, 2.75) is 39.5 Å². The molecule has 0 amide bonds. The van der Waals surface area contributed by atoms with Gasteiger partial charge in [0, 0.05) is 31.2 Å². The lowest BCUT2D eigenvalue weighted by Gasteiger charge is -2.18. The normalized spacial score (nSPS) is 11.4. The molecule has 0 bridgehead atoms. The van der Waals surface area contributed by atoms with Crippen molar-refractivity contribution in [2.24, 2.45) is 0 Å². The van der Waals surface area contributed by atoms with Gasteiger partial charge < -0.3 is 14.8 Å². The predicted molar refractivity (Wildman–Crippen MR) is 76.9 cm³/mol. The molecule has 1 aromatic heterocycles. The second-order valence-electron chi connectivity index (χ2n) is 5.35. The van der Waals surface area contributed by atoms with E-state index in [2.05, 4.69) is 36.1 Å². The van der Waals surface area contributed by atoms with Gasteiger partial charge in [0.05, 0.1) is 7.11 Å². The summed E-state index contributed by atoms with van der Waals surface area (Å²) in [7, 11) is 1.62. The first kappa shape index (κ1) is 15.7. The minimum atomic E-state index is -0.101. The Labute approximate surface area is 115 Å². The van der Waals surface area contributed by atoms with E-state index < -0.39 is 0 Å². The highest BCUT2D eigenvalue weighted by atomic mass is 16.5. The average molecular weight is 267 g/mol. The largest absolute Gasteiger partial charge is 0.481 e. The van der Waals surface area contributed by atoms with Crippen LogP contribution in [-0.2, 0) is 10.2 Å². The van der Waals surface area contributed by atoms with Crippen LogP contribution in [0.5, 0.6) is 5.88 Å². The third-order valence-electron chi connectivity index (χ3n) is 2.56. The van der Waals surface area contributed by atoms with Crippen LogP contribution < -0.4 is 10.1 Å². The van der Waals surface area contributed by atoms with Gasteiger partial charge in [-0.15, -0.1) is 0 Å². The molecule has 0 aliphatic carbocycles. The summed E-state index contributed by atoms with van der Waals surface area (Å²) in [4.78, 5) is 8.91. The SMILES string of the molecule is CCOCCCNc1cc(OC)nc(C(C)(C)C)n1. The molecule has 0 aliphatic heterocycles. The van der Waals surface area contributed by atoms with Gasteiger partial charge in [-0.1, -0.05) is 20.8 Å². The molecule has 0 unspecified atom stereocenters. The van der Waals surface area contributed by atoms with Crippen LogP contribution >= 0.6 is 0 Å². The fourth-order valence-corrected chi connectivity index (χ4v) is 1.49. The molecule has 1 heterocycles. The van der Waals surface area contributed by atoms with Crippen LogP contribution in [0.15, 0.2) is 6.07 Å². The fraction of sp³-hybridized carbons (Fsp3) is 0.714. The van der Waals surface area contributed by atoms with Crippen molar-refractivity contribution in [1.29, 1.82) is 0 Å². The minimum Gasteiger partial charge on any atom is -0.481 e. The standard InChI is InChI=1S/C14H25N3O2/c1-6-19-9-7-8-15-11-10-12(18-5)17-13(16-11)14(2,3)4/h10H,6-9H2,1-5H3,(H,15,16,17). The fourth-order valence-electron chi connectivity index (χ4n) is 1.49. The first-order valence-corrected chi connectivity index (χ1v) is 6.72. The van der Waals surface area contributed by atoms with Gasteiger partial charge in [-0.2, -0.15) is 4.98 Å². The topological polar surface area (TPSA) is 56.3 Å². The highest BCUT2D eigenvalue weighted by Gasteiger charge is 2.19. The molecular formula is C14H25N3O2. The number of anilines is 1. The summed E-state index contributed by atoms with van der Waals surface area (Å²) < 4.78 is 10.5. The summed E-state index contributed by atoms with van der Waals surface area (Å²) >= 11 is 0. The van der Waals surface area contributed by atoms with Gasteiger partial charge in [0.2, 0.25) is 5.88 Å². The Hall–Kier alpha value is -1.36. The lowest BCUT2D eigenvalue weighted by molar-refractivity contribution is 0.147. The maximum atomic E-state index is 5.30. The van der Waals surface area contributed by atoms with E-state index >= 15 is 0 Å². The number of nitrogens with zero attached hydrogens (tertiary/aromatic N) is 2. The van der Waals surface area contributed by atoms with E-state index in [4.69, 9.17) is 9.47 Å². The van der Waals surface area contributed by atoms with Crippen molar-refractivity contribution < 1.29 is 9.47 Å². The van der Waals surface area contributed by atoms with Gasteiger partial charge in [-0.3, -0.25) is 0 Å². The first-order chi connectivity index (χ1) is 8.97. The minimum absolute atomic E-state index is 0.101. The maximum Gasteiger partial charge on any atom is 0.218 e. The molecular weight excluding hydrogens is 242 g/mol. The molecule has 0 spiro atoms. The Bertz CT molecular complexity index is 389. The smallest absolute Gasteiger partial charge is 0.218 e. The van der Waals surface area contributed by atoms with Crippen LogP contribution in [0, 0.1) is 0 Å². The second kappa shape index (κ2) is 7.28. The first-order valence-electron chi connectivity index (χ1n) is 6.72. The van der Waals surface area contributed by atoms with Crippen LogP contribution in [0.4, 0.5) is 5.82 Å². The zero-order valence-corrected chi connectivity index (χ0v) is 12.6. The van der Waals surface area contributed by atoms with Gasteiger partial charge in [-0.25, -0.2) is 4.98 Å². The molecule has 0 atom stereocenters. The summed E-state index contributed by atoms with van der Waals surface area (Å²) in [6.45, 7) is 10.6. The number of aromatic nitrogens is 2. The summed E-state index contributed by atoms with van der Waals surface area (Å²) in [5.74, 6) is 2.17. The number of hydrogen-bond donors (Lipinski definition) is 1. The van der Waals surface area contributed by atoms with Gasteiger partial charge in [0.25, 0.3) is 0 Å². The molecule has 1 aromatic rings. The van der Waals surface area contributed by atoms with Gasteiger partial charge >= 0.3 is 0 Å². The van der Waals surface area contributed by atoms with Crippen molar-refractivity contribution in [3.8, 4) is 5.88 Å². The predicted octanol–water partition coefficient (Wildman–Crippen LogP) is 2.62. The number of ether oxygens (including phenoxy) is 2. The molecule has 0 saturated carbocycles. The average Bonchev–Trinajstić information content (AvgIpc) is 2.37. The zero-order chi connectivity index (χ0) is 14.3. The van der Waals surface area contributed by atoms with Crippen LogP contribution in [0.1, 0.15) is 39.9 Å². The quantitative estimate of drug-likeness (QED) is 0.770. The zero-order valence-electron chi connectivity index (χ0n) is 12.6. The van der Waals surface area contributed by atoms with E-state index in [0.717, 1.165) is 37.8 Å². The highest BCUT2D eigenvalue weighted by molar-refractivity contribution is 5.39. The molecule has 19 heavy (non-hydrogen) atoms. The third kappa shape index (κ3) is 5.42. The Morgan fingerprint density at radius 3 is 2.58 bits per heavy atom. The Kier molecular flexibility index (Phi) is 6.02. The van der Waals surface area contributed by atoms with Crippen LogP contribution in [0.25, 0.3) is 0 Å². The molecule has 5 nitrogen and oxygen atoms in total. The molecule has 1 rings (SSSR count). The maximum absolute atomic E-state index is 5.30. The molecule has 0 radical (unpaired) electrons. The molecule has 0 aliphatic rings. The summed E-state index contributed by atoms with van der Waals surface area (Å²) in [6.07, 6.45) is 0.949. The monoisotopic (exact) mass is 267 g/mol. The van der Waals surface area contributed by atoms with Gasteiger partial charge in [-0.05, 0) is 13.3 Å². The molecule has 0 saturated heterocycles. The van der Waals surface area contributed by atoms with Crippen LogP contribution in [0.2, 0.25) is 0 Å². The highest BCUT2D eigenvalue weighted by Crippen LogP contribution is 2.22. The number of rotatable bonds is 7. The Morgan fingerprint density at radius 1 is 1.26 bits per heavy atom. The molecule has 1 N–H and O–H groups in total. The van der Waals surface area contributed by atoms with E-state index in [1.807, 2.05) is 13.0 Å². The number of methoxy groups -OCH3 is 1. The molecule has 5 heteroatoms. The van der Waals surface area contributed by atoms with E-state index in [-0.39, 0.29) is 5.41 Å². The number of nitrogens with one attached hydrogen (secondary N) is 1. The summed E-state index contributed by atoms with van der Waals surface area (Å²) in [5.41, 5.74) is -0.101. The van der Waals surface area contributed by atoms with Crippen molar-refractivity contribution in [1.82, 2.24) is 9.97 Å². The van der Waals surface area contributed by atoms with Crippen molar-refractivity contribution in [3.63, 3.8) is 0 Å². The second-order valence-corrected chi connectivity index (χ2v) is 5.35. The molecule has 108 valence electrons. The van der Waals surface area contributed by atoms with Crippen molar-refractivity contribution in [2.75, 3.05) is 32.2 Å². The molecule has 0 fully saturated rings. The number of hydrogen-bond acceptors (Lipinski definition) is 5. The summed E-state index contributed by atoms with van der Waals surface area (Å²) in [6, 6.07) is 1.82. The van der Waals surface area contributed by atoms with Gasteiger partial charge in [0.1, 0.15) is 11.6 Å². The van der Waals surface area contributed by atoms with Crippen LogP contribution in [0.3, 0.4) is 0 Å². The van der Waals surface area contributed by atoms with Crippen molar-refractivity contribution >= 4 is 5.82 Å². The summed E-state index contributed by atoms with van der Waals surface area (Å²) in [5, 5.41) is 3.28.